The first kappa shape index (κ1) is 20.8. The number of carbonyl (C=O) groups excluding carboxylic acids is 2. The van der Waals surface area contributed by atoms with E-state index >= 15 is 0 Å². The largest absolute Gasteiger partial charge is 0.497 e. The molecule has 0 spiro atoms. The molecule has 30 heavy (non-hydrogen) atoms. The molecule has 1 fully saturated rings. The molecule has 4 rings (SSSR count). The van der Waals surface area contributed by atoms with Crippen LogP contribution in [0.25, 0.3) is 5.57 Å². The number of ether oxygens (including phenoxy) is 1. The number of methoxy groups -OCH3 is 1. The number of imide groups is 1. The molecule has 0 bridgehead atoms. The fraction of sp³-hybridized carbons (Fsp3) is 0.304. The summed E-state index contributed by atoms with van der Waals surface area (Å²) in [6, 6.07) is 11.8. The predicted molar refractivity (Wildman–Crippen MR) is 119 cm³/mol. The molecule has 0 saturated carbocycles. The molecule has 7 heteroatoms. The van der Waals surface area contributed by atoms with Gasteiger partial charge >= 0.3 is 0 Å². The van der Waals surface area contributed by atoms with E-state index in [0.29, 0.717) is 44.2 Å². The van der Waals surface area contributed by atoms with Gasteiger partial charge in [0, 0.05) is 23.7 Å². The molecule has 1 unspecified atom stereocenters. The van der Waals surface area contributed by atoms with Crippen LogP contribution in [-0.4, -0.2) is 36.9 Å². The van der Waals surface area contributed by atoms with Gasteiger partial charge in [-0.2, -0.15) is 0 Å². The van der Waals surface area contributed by atoms with Gasteiger partial charge in [-0.05, 0) is 55.2 Å². The molecule has 0 radical (unpaired) electrons. The summed E-state index contributed by atoms with van der Waals surface area (Å²) >= 11 is 12.5. The third-order valence-electron chi connectivity index (χ3n) is 5.56. The molecule has 2 heterocycles. The van der Waals surface area contributed by atoms with Crippen molar-refractivity contribution >= 4 is 46.3 Å². The molecular weight excluding hydrogens is 423 g/mol. The van der Waals surface area contributed by atoms with Crippen molar-refractivity contribution in [1.29, 1.82) is 0 Å². The Morgan fingerprint density at radius 3 is 2.40 bits per heavy atom. The smallest absolute Gasteiger partial charge is 0.282 e. The van der Waals surface area contributed by atoms with Crippen molar-refractivity contribution in [2.24, 2.45) is 5.92 Å². The van der Waals surface area contributed by atoms with E-state index in [1.54, 1.807) is 49.6 Å². The fourth-order valence-electron chi connectivity index (χ4n) is 4.10. The molecule has 5 nitrogen and oxygen atoms in total. The molecule has 1 atom stereocenters. The molecule has 2 aliphatic rings. The van der Waals surface area contributed by atoms with Crippen LogP contribution in [0.5, 0.6) is 5.75 Å². The van der Waals surface area contributed by atoms with Crippen molar-refractivity contribution in [3.63, 3.8) is 0 Å². The van der Waals surface area contributed by atoms with Gasteiger partial charge in [-0.25, -0.2) is 4.90 Å². The maximum atomic E-state index is 13.5. The van der Waals surface area contributed by atoms with Gasteiger partial charge in [0.15, 0.2) is 0 Å². The monoisotopic (exact) mass is 444 g/mol. The van der Waals surface area contributed by atoms with Gasteiger partial charge in [0.2, 0.25) is 0 Å². The molecule has 0 aromatic heterocycles. The number of hydrogen-bond acceptors (Lipinski definition) is 4. The zero-order chi connectivity index (χ0) is 21.4. The van der Waals surface area contributed by atoms with E-state index in [4.69, 9.17) is 27.9 Å². The lowest BCUT2D eigenvalue weighted by atomic mass is 9.97. The summed E-state index contributed by atoms with van der Waals surface area (Å²) < 4.78 is 5.19. The fourth-order valence-corrected chi connectivity index (χ4v) is 4.61. The number of rotatable bonds is 4. The van der Waals surface area contributed by atoms with Crippen molar-refractivity contribution in [2.45, 2.75) is 19.8 Å². The standard InChI is InChI=1S/C23H22Cl2N2O3/c1-14-4-3-11-26(13-14)21-20(18-10-5-15(24)12-19(18)25)22(28)27(23(21)29)16-6-8-17(30-2)9-7-16/h5-10,12,14H,3-4,11,13H2,1-2H3. The van der Waals surface area contributed by atoms with E-state index in [1.165, 1.54) is 4.90 Å². The van der Waals surface area contributed by atoms with Gasteiger partial charge in [-0.15, -0.1) is 0 Å². The van der Waals surface area contributed by atoms with Gasteiger partial charge in [-0.3, -0.25) is 9.59 Å². The Labute approximate surface area is 185 Å². The average Bonchev–Trinajstić information content (AvgIpc) is 2.98. The van der Waals surface area contributed by atoms with Crippen molar-refractivity contribution in [3.05, 3.63) is 63.8 Å². The number of piperidine rings is 1. The Bertz CT molecular complexity index is 1030. The third-order valence-corrected chi connectivity index (χ3v) is 6.11. The van der Waals surface area contributed by atoms with Crippen LogP contribution < -0.4 is 9.64 Å². The summed E-state index contributed by atoms with van der Waals surface area (Å²) in [7, 11) is 1.57. The molecule has 2 amide bonds. The Morgan fingerprint density at radius 1 is 1.03 bits per heavy atom. The molecular formula is C23H22Cl2N2O3. The number of anilines is 1. The van der Waals surface area contributed by atoms with E-state index in [2.05, 4.69) is 6.92 Å². The third kappa shape index (κ3) is 3.68. The molecule has 2 aromatic carbocycles. The zero-order valence-corrected chi connectivity index (χ0v) is 18.3. The van der Waals surface area contributed by atoms with Crippen molar-refractivity contribution < 1.29 is 14.3 Å². The number of likely N-dealkylation sites (tertiary alicyclic amines) is 1. The lowest BCUT2D eigenvalue weighted by Gasteiger charge is -2.33. The van der Waals surface area contributed by atoms with Crippen LogP contribution in [0.2, 0.25) is 10.0 Å². The minimum absolute atomic E-state index is 0.326. The lowest BCUT2D eigenvalue weighted by molar-refractivity contribution is -0.120. The second-order valence-corrected chi connectivity index (χ2v) is 8.53. The maximum Gasteiger partial charge on any atom is 0.282 e. The number of benzene rings is 2. The normalized spacial score (nSPS) is 19.7. The number of halogens is 2. The second kappa shape index (κ2) is 8.32. The Kier molecular flexibility index (Phi) is 5.76. The Morgan fingerprint density at radius 2 is 1.77 bits per heavy atom. The summed E-state index contributed by atoms with van der Waals surface area (Å²) in [5.41, 5.74) is 1.75. The molecule has 0 aliphatic carbocycles. The zero-order valence-electron chi connectivity index (χ0n) is 16.8. The van der Waals surface area contributed by atoms with Crippen LogP contribution in [0.4, 0.5) is 5.69 Å². The first-order valence-electron chi connectivity index (χ1n) is 9.88. The highest BCUT2D eigenvalue weighted by Gasteiger charge is 2.43. The number of nitrogens with zero attached hydrogens (tertiary/aromatic N) is 2. The highest BCUT2D eigenvalue weighted by atomic mass is 35.5. The van der Waals surface area contributed by atoms with Crippen LogP contribution >= 0.6 is 23.2 Å². The quantitative estimate of drug-likeness (QED) is 0.621. The van der Waals surface area contributed by atoms with E-state index in [0.717, 1.165) is 25.9 Å². The first-order valence-corrected chi connectivity index (χ1v) is 10.6. The van der Waals surface area contributed by atoms with Gasteiger partial charge in [0.05, 0.1) is 23.4 Å². The van der Waals surface area contributed by atoms with Crippen LogP contribution in [-0.2, 0) is 9.59 Å². The highest BCUT2D eigenvalue weighted by molar-refractivity contribution is 6.47. The summed E-state index contributed by atoms with van der Waals surface area (Å²) in [4.78, 5) is 30.3. The number of carbonyl (C=O) groups is 2. The van der Waals surface area contributed by atoms with Crippen LogP contribution in [0.1, 0.15) is 25.3 Å². The predicted octanol–water partition coefficient (Wildman–Crippen LogP) is 5.02. The Balaban J connectivity index is 1.83. The maximum absolute atomic E-state index is 13.5. The summed E-state index contributed by atoms with van der Waals surface area (Å²) in [5, 5.41) is 0.819. The van der Waals surface area contributed by atoms with Crippen molar-refractivity contribution in [3.8, 4) is 5.75 Å². The SMILES string of the molecule is COc1ccc(N2C(=O)C(c3ccc(Cl)cc3Cl)=C(N3CCCC(C)C3)C2=O)cc1. The molecule has 2 aliphatic heterocycles. The van der Waals surface area contributed by atoms with Crippen LogP contribution in [0.3, 0.4) is 0 Å². The number of amides is 2. The van der Waals surface area contributed by atoms with Crippen molar-refractivity contribution in [1.82, 2.24) is 4.90 Å². The summed E-state index contributed by atoms with van der Waals surface area (Å²) in [6.07, 6.45) is 2.07. The van der Waals surface area contributed by atoms with Crippen LogP contribution in [0, 0.1) is 5.92 Å². The topological polar surface area (TPSA) is 49.9 Å². The minimum Gasteiger partial charge on any atom is -0.497 e. The minimum atomic E-state index is -0.386. The molecule has 1 saturated heterocycles. The summed E-state index contributed by atoms with van der Waals surface area (Å²) in [6.45, 7) is 3.60. The Hall–Kier alpha value is -2.50. The van der Waals surface area contributed by atoms with Gasteiger partial charge in [0.1, 0.15) is 11.4 Å². The van der Waals surface area contributed by atoms with E-state index < -0.39 is 0 Å². The summed E-state index contributed by atoms with van der Waals surface area (Å²) in [5.74, 6) is 0.367. The van der Waals surface area contributed by atoms with Crippen LogP contribution in [0.15, 0.2) is 48.2 Å². The van der Waals surface area contributed by atoms with E-state index in [1.807, 2.05) is 4.90 Å². The molecule has 2 aromatic rings. The van der Waals surface area contributed by atoms with E-state index in [9.17, 15) is 9.59 Å². The van der Waals surface area contributed by atoms with E-state index in [-0.39, 0.29) is 11.8 Å². The van der Waals surface area contributed by atoms with Crippen molar-refractivity contribution in [2.75, 3.05) is 25.1 Å². The van der Waals surface area contributed by atoms with Gasteiger partial charge in [-0.1, -0.05) is 36.2 Å². The molecule has 0 N–H and O–H groups in total. The van der Waals surface area contributed by atoms with Gasteiger partial charge < -0.3 is 9.64 Å². The second-order valence-electron chi connectivity index (χ2n) is 7.68. The lowest BCUT2D eigenvalue weighted by Crippen LogP contribution is -2.39. The average molecular weight is 445 g/mol. The molecule has 156 valence electrons. The number of hydrogen-bond donors (Lipinski definition) is 0. The first-order chi connectivity index (χ1) is 14.4. The van der Waals surface area contributed by atoms with Gasteiger partial charge in [0.25, 0.3) is 11.8 Å². The highest BCUT2D eigenvalue weighted by Crippen LogP contribution is 2.39.